The minimum atomic E-state index is -1.13. The lowest BCUT2D eigenvalue weighted by Gasteiger charge is -2.17. The van der Waals surface area contributed by atoms with Crippen molar-refractivity contribution in [1.82, 2.24) is 9.97 Å². The molecule has 32 heavy (non-hydrogen) atoms. The van der Waals surface area contributed by atoms with Crippen molar-refractivity contribution in [3.63, 3.8) is 0 Å². The van der Waals surface area contributed by atoms with Crippen LogP contribution in [0.3, 0.4) is 0 Å². The molecule has 0 saturated carbocycles. The highest BCUT2D eigenvalue weighted by Gasteiger charge is 2.23. The topological polar surface area (TPSA) is 93.7 Å². The number of fused-ring (bicyclic) bond motifs is 3. The van der Waals surface area contributed by atoms with Crippen LogP contribution in [-0.4, -0.2) is 40.4 Å². The third kappa shape index (κ3) is 4.74. The molecule has 2 aromatic heterocycles. The van der Waals surface area contributed by atoms with Crippen LogP contribution in [0.15, 0.2) is 54.7 Å². The summed E-state index contributed by atoms with van der Waals surface area (Å²) in [4.78, 5) is 20.4. The molecule has 4 rings (SSSR count). The van der Waals surface area contributed by atoms with Gasteiger partial charge in [0, 0.05) is 29.0 Å². The quantitative estimate of drug-likeness (QED) is 0.400. The van der Waals surface area contributed by atoms with Gasteiger partial charge in [-0.25, -0.2) is 9.78 Å². The van der Waals surface area contributed by atoms with Crippen molar-refractivity contribution >= 4 is 27.8 Å². The molecule has 2 N–H and O–H groups in total. The van der Waals surface area contributed by atoms with Crippen LogP contribution in [0, 0.1) is 0 Å². The molecule has 0 aliphatic rings. The lowest BCUT2D eigenvalue weighted by atomic mass is 10.1. The zero-order valence-electron chi connectivity index (χ0n) is 18.3. The molecule has 0 saturated heterocycles. The largest absolute Gasteiger partial charge is 0.489 e. The third-order valence-corrected chi connectivity index (χ3v) is 5.00. The van der Waals surface area contributed by atoms with E-state index in [0.29, 0.717) is 17.9 Å². The van der Waals surface area contributed by atoms with Gasteiger partial charge in [-0.1, -0.05) is 30.3 Å². The molecular weight excluding hydrogens is 408 g/mol. The minimum absolute atomic E-state index is 0.136. The summed E-state index contributed by atoms with van der Waals surface area (Å²) in [6, 6.07) is 15.7. The highest BCUT2D eigenvalue weighted by atomic mass is 16.5. The number of hydrogen-bond donors (Lipinski definition) is 2. The number of methoxy groups -OCH3 is 1. The number of nitrogens with one attached hydrogen (secondary N) is 1. The van der Waals surface area contributed by atoms with Gasteiger partial charge >= 0.3 is 5.97 Å². The maximum absolute atomic E-state index is 12.7. The van der Waals surface area contributed by atoms with Crippen LogP contribution in [0.1, 0.15) is 35.5 Å². The first kappa shape index (κ1) is 21.8. The Morgan fingerprint density at radius 2 is 1.88 bits per heavy atom. The van der Waals surface area contributed by atoms with Gasteiger partial charge in [0.1, 0.15) is 19.0 Å². The molecule has 2 heterocycles. The van der Waals surface area contributed by atoms with Gasteiger partial charge < -0.3 is 24.3 Å². The molecule has 0 unspecified atom stereocenters. The summed E-state index contributed by atoms with van der Waals surface area (Å²) >= 11 is 0. The second kappa shape index (κ2) is 8.98. The van der Waals surface area contributed by atoms with Crippen LogP contribution < -0.4 is 4.74 Å². The zero-order valence-corrected chi connectivity index (χ0v) is 18.3. The number of hydrogen-bond acceptors (Lipinski definition) is 6. The number of benzene rings is 2. The number of pyridine rings is 1. The predicted octanol–water partition coefficient (Wildman–Crippen LogP) is 4.37. The second-order valence-corrected chi connectivity index (χ2v) is 8.30. The summed E-state index contributed by atoms with van der Waals surface area (Å²) in [6.45, 7) is 3.64. The highest BCUT2D eigenvalue weighted by Crippen LogP contribution is 2.33. The van der Waals surface area contributed by atoms with Gasteiger partial charge in [0.05, 0.1) is 23.9 Å². The normalized spacial score (nSPS) is 11.8. The number of nitrogens with zero attached hydrogens (tertiary/aromatic N) is 1. The number of esters is 1. The average Bonchev–Trinajstić information content (AvgIpc) is 3.15. The monoisotopic (exact) mass is 434 g/mol. The molecule has 166 valence electrons. The molecule has 7 nitrogen and oxygen atoms in total. The Balaban J connectivity index is 1.73. The Hall–Kier alpha value is -3.42. The number of ether oxygens (including phenoxy) is 3. The standard InChI is InChI=1S/C25H26N2O5/c1-25(2,29)15-32-24(28)23-19(14-30-3)22-18-11-17(31-13-16-7-5-4-6-8-16)9-10-20(18)27-21(22)12-26-23/h4-12,27,29H,13-15H2,1-3H3. The summed E-state index contributed by atoms with van der Waals surface area (Å²) < 4.78 is 16.7. The van der Waals surface area contributed by atoms with E-state index in [-0.39, 0.29) is 18.9 Å². The SMILES string of the molecule is COCc1c(C(=O)OCC(C)(C)O)ncc2[nH]c3ccc(OCc4ccccc4)cc3c12. The molecule has 0 atom stereocenters. The van der Waals surface area contributed by atoms with E-state index < -0.39 is 11.6 Å². The van der Waals surface area contributed by atoms with Gasteiger partial charge in [-0.15, -0.1) is 0 Å². The first-order valence-corrected chi connectivity index (χ1v) is 10.3. The minimum Gasteiger partial charge on any atom is -0.489 e. The smallest absolute Gasteiger partial charge is 0.357 e. The van der Waals surface area contributed by atoms with Gasteiger partial charge in [-0.3, -0.25) is 0 Å². The molecular formula is C25H26N2O5. The predicted molar refractivity (Wildman–Crippen MR) is 122 cm³/mol. The van der Waals surface area contributed by atoms with Crippen molar-refractivity contribution in [2.75, 3.05) is 13.7 Å². The second-order valence-electron chi connectivity index (χ2n) is 8.30. The van der Waals surface area contributed by atoms with E-state index in [2.05, 4.69) is 9.97 Å². The Morgan fingerprint density at radius 3 is 2.59 bits per heavy atom. The van der Waals surface area contributed by atoms with E-state index >= 15 is 0 Å². The summed E-state index contributed by atoms with van der Waals surface area (Å²) in [7, 11) is 1.56. The van der Waals surface area contributed by atoms with E-state index in [1.807, 2.05) is 48.5 Å². The number of rotatable bonds is 8. The molecule has 0 fully saturated rings. The van der Waals surface area contributed by atoms with Crippen LogP contribution in [0.4, 0.5) is 0 Å². The van der Waals surface area contributed by atoms with E-state index in [4.69, 9.17) is 14.2 Å². The van der Waals surface area contributed by atoms with Gasteiger partial charge in [0.25, 0.3) is 0 Å². The van der Waals surface area contributed by atoms with Crippen molar-refractivity contribution in [2.45, 2.75) is 32.7 Å². The van der Waals surface area contributed by atoms with Crippen LogP contribution in [0.5, 0.6) is 5.75 Å². The summed E-state index contributed by atoms with van der Waals surface area (Å²) in [6.07, 6.45) is 1.61. The van der Waals surface area contributed by atoms with E-state index in [1.54, 1.807) is 27.2 Å². The first-order chi connectivity index (χ1) is 15.4. The van der Waals surface area contributed by atoms with Crippen molar-refractivity contribution in [3.8, 4) is 5.75 Å². The molecule has 0 bridgehead atoms. The average molecular weight is 434 g/mol. The molecule has 4 aromatic rings. The lowest BCUT2D eigenvalue weighted by Crippen LogP contribution is -2.28. The van der Waals surface area contributed by atoms with Gasteiger partial charge in [-0.05, 0) is 37.6 Å². The van der Waals surface area contributed by atoms with Crippen LogP contribution in [0.25, 0.3) is 21.8 Å². The number of aromatic amines is 1. The van der Waals surface area contributed by atoms with Gasteiger partial charge in [-0.2, -0.15) is 0 Å². The molecule has 0 spiro atoms. The molecule has 0 amide bonds. The van der Waals surface area contributed by atoms with Crippen molar-refractivity contribution in [1.29, 1.82) is 0 Å². The lowest BCUT2D eigenvalue weighted by molar-refractivity contribution is -0.0106. The van der Waals surface area contributed by atoms with E-state index in [1.165, 1.54) is 0 Å². The molecule has 2 aromatic carbocycles. The Labute approximate surface area is 185 Å². The third-order valence-electron chi connectivity index (χ3n) is 5.00. The molecule has 7 heteroatoms. The summed E-state index contributed by atoms with van der Waals surface area (Å²) in [5, 5.41) is 11.6. The first-order valence-electron chi connectivity index (χ1n) is 10.3. The number of aliphatic hydroxyl groups is 1. The highest BCUT2D eigenvalue weighted by molar-refractivity contribution is 6.11. The van der Waals surface area contributed by atoms with Crippen LogP contribution >= 0.6 is 0 Å². The molecule has 0 aliphatic carbocycles. The maximum atomic E-state index is 12.7. The Morgan fingerprint density at radius 1 is 1.09 bits per heavy atom. The summed E-state index contributed by atoms with van der Waals surface area (Å²) in [5.74, 6) is 0.112. The molecule has 0 aliphatic heterocycles. The van der Waals surface area contributed by atoms with Crippen LogP contribution in [0.2, 0.25) is 0 Å². The van der Waals surface area contributed by atoms with E-state index in [9.17, 15) is 9.90 Å². The van der Waals surface area contributed by atoms with E-state index in [0.717, 1.165) is 27.4 Å². The maximum Gasteiger partial charge on any atom is 0.357 e. The fraction of sp³-hybridized carbons (Fsp3) is 0.280. The fourth-order valence-electron chi connectivity index (χ4n) is 3.54. The van der Waals surface area contributed by atoms with Crippen LogP contribution in [-0.2, 0) is 22.7 Å². The van der Waals surface area contributed by atoms with Crippen molar-refractivity contribution < 1.29 is 24.1 Å². The Kier molecular flexibility index (Phi) is 6.12. The Bertz CT molecular complexity index is 1240. The summed E-state index contributed by atoms with van der Waals surface area (Å²) in [5.41, 5.74) is 2.41. The number of H-pyrrole nitrogens is 1. The van der Waals surface area contributed by atoms with Crippen molar-refractivity contribution in [2.24, 2.45) is 0 Å². The van der Waals surface area contributed by atoms with Gasteiger partial charge in [0.15, 0.2) is 5.69 Å². The van der Waals surface area contributed by atoms with Gasteiger partial charge in [0.2, 0.25) is 0 Å². The van der Waals surface area contributed by atoms with Crippen molar-refractivity contribution in [3.05, 3.63) is 71.5 Å². The molecule has 0 radical (unpaired) electrons. The number of carbonyl (C=O) groups excluding carboxylic acids is 1. The zero-order chi connectivity index (χ0) is 22.7. The fourth-order valence-corrected chi connectivity index (χ4v) is 3.54. The number of aromatic nitrogens is 2. The number of carbonyl (C=O) groups is 1.